The molecule has 0 saturated heterocycles. The molecule has 0 aliphatic heterocycles. The van der Waals surface area contributed by atoms with Gasteiger partial charge in [0.25, 0.3) is 0 Å². The number of hydrogen-bond donors (Lipinski definition) is 0. The minimum Gasteiger partial charge on any atom is -0.380 e. The average Bonchev–Trinajstić information content (AvgIpc) is 2.35. The quantitative estimate of drug-likeness (QED) is 0.699. The lowest BCUT2D eigenvalue weighted by molar-refractivity contribution is 0.135. The number of hydrogen-bond acceptors (Lipinski definition) is 3. The predicted octanol–water partition coefficient (Wildman–Crippen LogP) is 1.73. The van der Waals surface area contributed by atoms with Gasteiger partial charge in [0.15, 0.2) is 0 Å². The van der Waals surface area contributed by atoms with E-state index in [1.807, 2.05) is 13.8 Å². The Hall–Kier alpha value is -0.910. The maximum absolute atomic E-state index is 12.2. The van der Waals surface area contributed by atoms with Gasteiger partial charge in [0, 0.05) is 19.7 Å². The summed E-state index contributed by atoms with van der Waals surface area (Å²) in [6.07, 6.45) is 0. The predicted molar refractivity (Wildman–Crippen MR) is 67.4 cm³/mol. The fraction of sp³-hybridized carbons (Fsp3) is 0.500. The third kappa shape index (κ3) is 3.80. The first-order valence-corrected chi connectivity index (χ1v) is 7.19. The summed E-state index contributed by atoms with van der Waals surface area (Å²) in [6.45, 7) is 5.58. The van der Waals surface area contributed by atoms with Gasteiger partial charge < -0.3 is 4.74 Å². The first kappa shape index (κ1) is 14.2. The molecule has 0 fully saturated rings. The zero-order valence-electron chi connectivity index (χ0n) is 10.3. The van der Waals surface area contributed by atoms with E-state index in [2.05, 4.69) is 0 Å². The van der Waals surface area contributed by atoms with Crippen LogP contribution in [0.15, 0.2) is 35.2 Å². The maximum Gasteiger partial charge on any atom is 0.243 e. The summed E-state index contributed by atoms with van der Waals surface area (Å²) in [4.78, 5) is 0.332. The standard InChI is InChI=1S/C12H19NO3S/c1-3-13(10-11-16-4-2)17(14,15)12-8-6-5-7-9-12/h5-9H,3-4,10-11H2,1-2H3. The molecule has 0 saturated carbocycles. The van der Waals surface area contributed by atoms with Gasteiger partial charge in [0.2, 0.25) is 10.0 Å². The lowest BCUT2D eigenvalue weighted by Crippen LogP contribution is -2.33. The molecule has 0 radical (unpaired) electrons. The van der Waals surface area contributed by atoms with Crippen LogP contribution < -0.4 is 0 Å². The van der Waals surface area contributed by atoms with Crippen molar-refractivity contribution >= 4 is 10.0 Å². The van der Waals surface area contributed by atoms with Gasteiger partial charge in [0.05, 0.1) is 11.5 Å². The van der Waals surface area contributed by atoms with E-state index in [1.54, 1.807) is 30.3 Å². The number of rotatable bonds is 7. The van der Waals surface area contributed by atoms with Gasteiger partial charge in [-0.2, -0.15) is 4.31 Å². The first-order chi connectivity index (χ1) is 8.12. The molecule has 0 aliphatic carbocycles. The molecule has 0 bridgehead atoms. The Morgan fingerprint density at radius 3 is 2.35 bits per heavy atom. The van der Waals surface area contributed by atoms with Crippen molar-refractivity contribution in [2.24, 2.45) is 0 Å². The molecule has 1 aromatic carbocycles. The monoisotopic (exact) mass is 257 g/mol. The maximum atomic E-state index is 12.2. The van der Waals surface area contributed by atoms with E-state index in [0.717, 1.165) is 0 Å². The van der Waals surface area contributed by atoms with Crippen LogP contribution in [0.3, 0.4) is 0 Å². The largest absolute Gasteiger partial charge is 0.380 e. The number of nitrogens with zero attached hydrogens (tertiary/aromatic N) is 1. The highest BCUT2D eigenvalue weighted by molar-refractivity contribution is 7.89. The van der Waals surface area contributed by atoms with Crippen molar-refractivity contribution in [3.05, 3.63) is 30.3 Å². The average molecular weight is 257 g/mol. The normalized spacial score (nSPS) is 11.9. The molecule has 0 unspecified atom stereocenters. The van der Waals surface area contributed by atoms with Crippen LogP contribution in [0, 0.1) is 0 Å². The van der Waals surface area contributed by atoms with Crippen molar-refractivity contribution in [1.82, 2.24) is 4.31 Å². The molecule has 0 aliphatic rings. The molecule has 96 valence electrons. The zero-order valence-corrected chi connectivity index (χ0v) is 11.1. The molecule has 1 rings (SSSR count). The lowest BCUT2D eigenvalue weighted by Gasteiger charge is -2.20. The Morgan fingerprint density at radius 2 is 1.82 bits per heavy atom. The van der Waals surface area contributed by atoms with Gasteiger partial charge in [-0.15, -0.1) is 0 Å². The number of ether oxygens (including phenoxy) is 1. The van der Waals surface area contributed by atoms with Crippen LogP contribution in [-0.2, 0) is 14.8 Å². The first-order valence-electron chi connectivity index (χ1n) is 5.75. The van der Waals surface area contributed by atoms with Gasteiger partial charge in [-0.3, -0.25) is 0 Å². The van der Waals surface area contributed by atoms with Crippen LogP contribution in [0.25, 0.3) is 0 Å². The summed E-state index contributed by atoms with van der Waals surface area (Å²) >= 11 is 0. The second-order valence-electron chi connectivity index (χ2n) is 3.51. The Balaban J connectivity index is 2.80. The highest BCUT2D eigenvalue weighted by atomic mass is 32.2. The Kier molecular flexibility index (Phi) is 5.61. The van der Waals surface area contributed by atoms with Crippen LogP contribution in [-0.4, -0.2) is 39.0 Å². The molecule has 0 aromatic heterocycles. The van der Waals surface area contributed by atoms with Crippen molar-refractivity contribution in [2.75, 3.05) is 26.3 Å². The van der Waals surface area contributed by atoms with Crippen molar-refractivity contribution in [2.45, 2.75) is 18.7 Å². The molecule has 0 N–H and O–H groups in total. The van der Waals surface area contributed by atoms with Crippen molar-refractivity contribution in [3.63, 3.8) is 0 Å². The van der Waals surface area contributed by atoms with Crippen LogP contribution in [0.2, 0.25) is 0 Å². The van der Waals surface area contributed by atoms with Crippen LogP contribution in [0.1, 0.15) is 13.8 Å². The molecule has 0 heterocycles. The molecule has 0 spiro atoms. The summed E-state index contributed by atoms with van der Waals surface area (Å²) in [5.41, 5.74) is 0. The van der Waals surface area contributed by atoms with Gasteiger partial charge in [-0.25, -0.2) is 8.42 Å². The van der Waals surface area contributed by atoms with Gasteiger partial charge >= 0.3 is 0 Å². The molecule has 5 heteroatoms. The second-order valence-corrected chi connectivity index (χ2v) is 5.44. The summed E-state index contributed by atoms with van der Waals surface area (Å²) in [6, 6.07) is 8.47. The highest BCUT2D eigenvalue weighted by Gasteiger charge is 2.21. The number of sulfonamides is 1. The smallest absolute Gasteiger partial charge is 0.243 e. The van der Waals surface area contributed by atoms with Gasteiger partial charge in [-0.05, 0) is 19.1 Å². The summed E-state index contributed by atoms with van der Waals surface area (Å²) in [7, 11) is -3.38. The molecule has 1 aromatic rings. The van der Waals surface area contributed by atoms with E-state index in [1.165, 1.54) is 4.31 Å². The minimum atomic E-state index is -3.38. The summed E-state index contributed by atoms with van der Waals surface area (Å²) in [5.74, 6) is 0. The number of benzene rings is 1. The third-order valence-electron chi connectivity index (χ3n) is 2.42. The fourth-order valence-corrected chi connectivity index (χ4v) is 2.95. The topological polar surface area (TPSA) is 46.6 Å². The highest BCUT2D eigenvalue weighted by Crippen LogP contribution is 2.14. The lowest BCUT2D eigenvalue weighted by atomic mass is 10.4. The van der Waals surface area contributed by atoms with Gasteiger partial charge in [-0.1, -0.05) is 25.1 Å². The third-order valence-corrected chi connectivity index (χ3v) is 4.41. The Labute approximate surface area is 103 Å². The van der Waals surface area contributed by atoms with E-state index in [4.69, 9.17) is 4.74 Å². The van der Waals surface area contributed by atoms with Crippen molar-refractivity contribution < 1.29 is 13.2 Å². The molecule has 4 nitrogen and oxygen atoms in total. The van der Waals surface area contributed by atoms with E-state index in [0.29, 0.717) is 31.2 Å². The van der Waals surface area contributed by atoms with Crippen molar-refractivity contribution in [1.29, 1.82) is 0 Å². The van der Waals surface area contributed by atoms with Gasteiger partial charge in [0.1, 0.15) is 0 Å². The molecular weight excluding hydrogens is 238 g/mol. The summed E-state index contributed by atoms with van der Waals surface area (Å²) in [5, 5.41) is 0. The van der Waals surface area contributed by atoms with E-state index in [9.17, 15) is 8.42 Å². The van der Waals surface area contributed by atoms with E-state index < -0.39 is 10.0 Å². The zero-order chi connectivity index (χ0) is 12.7. The van der Waals surface area contributed by atoms with E-state index >= 15 is 0 Å². The minimum absolute atomic E-state index is 0.332. The molecule has 0 amide bonds. The molecule has 0 atom stereocenters. The van der Waals surface area contributed by atoms with Crippen LogP contribution in [0.5, 0.6) is 0 Å². The fourth-order valence-electron chi connectivity index (χ4n) is 1.50. The van der Waals surface area contributed by atoms with Crippen molar-refractivity contribution in [3.8, 4) is 0 Å². The Morgan fingerprint density at radius 1 is 1.18 bits per heavy atom. The summed E-state index contributed by atoms with van der Waals surface area (Å²) < 4.78 is 31.1. The molecule has 17 heavy (non-hydrogen) atoms. The van der Waals surface area contributed by atoms with Crippen LogP contribution >= 0.6 is 0 Å². The molecular formula is C12H19NO3S. The van der Waals surface area contributed by atoms with Crippen LogP contribution in [0.4, 0.5) is 0 Å². The SMILES string of the molecule is CCOCCN(CC)S(=O)(=O)c1ccccc1. The number of likely N-dealkylation sites (N-methyl/N-ethyl adjacent to an activating group) is 1. The second kappa shape index (κ2) is 6.74. The van der Waals surface area contributed by atoms with E-state index in [-0.39, 0.29) is 0 Å². The Bertz CT molecular complexity index is 417.